The number of sulfonamides is 1. The molecule has 1 amide bonds. The highest BCUT2D eigenvalue weighted by Gasteiger charge is 2.37. The zero-order valence-electron chi connectivity index (χ0n) is 19.4. The molecule has 1 heterocycles. The molecule has 4 rings (SSSR count). The number of para-hydroxylation sites is 2. The monoisotopic (exact) mass is 478 g/mol. The number of benzene rings is 3. The van der Waals surface area contributed by atoms with Crippen LogP contribution in [0.4, 0.5) is 5.69 Å². The second kappa shape index (κ2) is 10.3. The number of carbonyl (C=O) groups is 1. The van der Waals surface area contributed by atoms with Crippen molar-refractivity contribution in [1.82, 2.24) is 5.32 Å². The Morgan fingerprint density at radius 2 is 1.59 bits per heavy atom. The molecule has 0 fully saturated rings. The Hall–Kier alpha value is -3.32. The van der Waals surface area contributed by atoms with Crippen molar-refractivity contribution in [2.75, 3.05) is 10.8 Å². The summed E-state index contributed by atoms with van der Waals surface area (Å²) in [6.07, 6.45) is -0.200. The van der Waals surface area contributed by atoms with Crippen LogP contribution in [-0.2, 0) is 20.6 Å². The molecule has 3 aromatic carbocycles. The topological polar surface area (TPSA) is 75.7 Å². The number of hydrogen-bond donors (Lipinski definition) is 1. The van der Waals surface area contributed by atoms with Crippen LogP contribution >= 0.6 is 0 Å². The zero-order chi connectivity index (χ0) is 24.1. The van der Waals surface area contributed by atoms with Crippen molar-refractivity contribution in [3.8, 4) is 5.75 Å². The van der Waals surface area contributed by atoms with Gasteiger partial charge in [0.15, 0.2) is 6.10 Å². The van der Waals surface area contributed by atoms with Gasteiger partial charge in [-0.1, -0.05) is 86.6 Å². The standard InChI is InChI=1S/C27H30N2O4S/c1-20(2)17-23(22-13-7-4-8-14-22)28-27(30)26-18-29(24-15-9-10-16-25(24)33-26)34(31,32)19-21-11-5-3-6-12-21/h3-16,20,23,26H,17-19H2,1-2H3,(H,28,30)/t23-,26-/m0/s1. The fourth-order valence-electron chi connectivity index (χ4n) is 4.16. The zero-order valence-corrected chi connectivity index (χ0v) is 20.2. The number of anilines is 1. The lowest BCUT2D eigenvalue weighted by molar-refractivity contribution is -0.128. The van der Waals surface area contributed by atoms with Crippen LogP contribution in [0.15, 0.2) is 84.9 Å². The molecular formula is C27H30N2O4S. The molecule has 3 aromatic rings. The van der Waals surface area contributed by atoms with Crippen LogP contribution in [-0.4, -0.2) is 27.0 Å². The molecule has 178 valence electrons. The molecule has 7 heteroatoms. The first-order valence-electron chi connectivity index (χ1n) is 11.5. The van der Waals surface area contributed by atoms with E-state index in [1.54, 1.807) is 36.4 Å². The lowest BCUT2D eigenvalue weighted by Crippen LogP contribution is -2.51. The Balaban J connectivity index is 1.59. The summed E-state index contributed by atoms with van der Waals surface area (Å²) in [5.41, 5.74) is 2.15. The second-order valence-corrected chi connectivity index (χ2v) is 10.8. The summed E-state index contributed by atoms with van der Waals surface area (Å²) in [4.78, 5) is 13.3. The minimum absolute atomic E-state index is 0.0821. The first-order valence-corrected chi connectivity index (χ1v) is 13.1. The number of hydrogen-bond acceptors (Lipinski definition) is 4. The van der Waals surface area contributed by atoms with Gasteiger partial charge in [-0.15, -0.1) is 0 Å². The third-order valence-electron chi connectivity index (χ3n) is 5.78. The fourth-order valence-corrected chi connectivity index (χ4v) is 5.75. The number of ether oxygens (including phenoxy) is 1. The minimum Gasteiger partial charge on any atom is -0.476 e. The molecule has 0 aliphatic carbocycles. The number of amides is 1. The Kier molecular flexibility index (Phi) is 7.22. The normalized spacial score (nSPS) is 16.4. The molecule has 34 heavy (non-hydrogen) atoms. The summed E-state index contributed by atoms with van der Waals surface area (Å²) < 4.78 is 34.1. The Bertz CT molecular complexity index is 1210. The van der Waals surface area contributed by atoms with E-state index in [-0.39, 0.29) is 24.2 Å². The highest BCUT2D eigenvalue weighted by Crippen LogP contribution is 2.36. The van der Waals surface area contributed by atoms with Gasteiger partial charge in [-0.25, -0.2) is 8.42 Å². The van der Waals surface area contributed by atoms with E-state index >= 15 is 0 Å². The number of fused-ring (bicyclic) bond motifs is 1. The van der Waals surface area contributed by atoms with Gasteiger partial charge in [0.05, 0.1) is 24.0 Å². The summed E-state index contributed by atoms with van der Waals surface area (Å²) in [5, 5.41) is 3.10. The van der Waals surface area contributed by atoms with Crippen molar-refractivity contribution in [2.45, 2.75) is 38.2 Å². The Labute approximate surface area is 201 Å². The SMILES string of the molecule is CC(C)C[C@H](NC(=O)[C@@H]1CN(S(=O)(=O)Cc2ccccc2)c2ccccc2O1)c1ccccc1. The predicted octanol–water partition coefficient (Wildman–Crippen LogP) is 4.69. The molecule has 0 saturated carbocycles. The Morgan fingerprint density at radius 1 is 0.971 bits per heavy atom. The van der Waals surface area contributed by atoms with Crippen molar-refractivity contribution in [2.24, 2.45) is 5.92 Å². The number of rotatable bonds is 8. The number of nitrogens with one attached hydrogen (secondary N) is 1. The first kappa shape index (κ1) is 23.8. The largest absolute Gasteiger partial charge is 0.476 e. The molecule has 2 atom stereocenters. The number of nitrogens with zero attached hydrogens (tertiary/aromatic N) is 1. The van der Waals surface area contributed by atoms with Crippen molar-refractivity contribution in [1.29, 1.82) is 0 Å². The minimum atomic E-state index is -3.74. The molecule has 1 N–H and O–H groups in total. The van der Waals surface area contributed by atoms with E-state index in [2.05, 4.69) is 19.2 Å². The molecule has 1 aliphatic rings. The van der Waals surface area contributed by atoms with Crippen molar-refractivity contribution in [3.05, 3.63) is 96.1 Å². The van der Waals surface area contributed by atoms with Crippen LogP contribution in [0.2, 0.25) is 0 Å². The predicted molar refractivity (Wildman–Crippen MR) is 134 cm³/mol. The third kappa shape index (κ3) is 5.59. The average molecular weight is 479 g/mol. The van der Waals surface area contributed by atoms with Gasteiger partial charge < -0.3 is 10.1 Å². The molecule has 0 radical (unpaired) electrons. The molecule has 0 unspecified atom stereocenters. The van der Waals surface area contributed by atoms with Crippen LogP contribution in [0.1, 0.15) is 37.4 Å². The number of carbonyl (C=O) groups excluding carboxylic acids is 1. The van der Waals surface area contributed by atoms with Crippen LogP contribution in [0.5, 0.6) is 5.75 Å². The van der Waals surface area contributed by atoms with E-state index in [0.29, 0.717) is 22.9 Å². The molecule has 1 aliphatic heterocycles. The van der Waals surface area contributed by atoms with Crippen LogP contribution in [0, 0.1) is 5.92 Å². The van der Waals surface area contributed by atoms with Crippen LogP contribution in [0.3, 0.4) is 0 Å². The maximum atomic E-state index is 13.4. The second-order valence-electron chi connectivity index (χ2n) is 8.95. The molecule has 0 spiro atoms. The van der Waals surface area contributed by atoms with Gasteiger partial charge in [-0.3, -0.25) is 9.10 Å². The van der Waals surface area contributed by atoms with Gasteiger partial charge in [-0.2, -0.15) is 0 Å². The Morgan fingerprint density at radius 3 is 2.26 bits per heavy atom. The first-order chi connectivity index (χ1) is 16.3. The maximum absolute atomic E-state index is 13.4. The smallest absolute Gasteiger partial charge is 0.263 e. The highest BCUT2D eigenvalue weighted by atomic mass is 32.2. The van der Waals surface area contributed by atoms with E-state index in [1.807, 2.05) is 48.5 Å². The van der Waals surface area contributed by atoms with Crippen LogP contribution < -0.4 is 14.4 Å². The van der Waals surface area contributed by atoms with E-state index in [4.69, 9.17) is 4.74 Å². The summed E-state index contributed by atoms with van der Waals surface area (Å²) in [5.74, 6) is 0.257. The quantitative estimate of drug-likeness (QED) is 0.510. The van der Waals surface area contributed by atoms with E-state index < -0.39 is 16.1 Å². The summed E-state index contributed by atoms with van der Waals surface area (Å²) in [6.45, 7) is 4.13. The van der Waals surface area contributed by atoms with Gasteiger partial charge in [0.1, 0.15) is 5.75 Å². The third-order valence-corrected chi connectivity index (χ3v) is 7.50. The average Bonchev–Trinajstić information content (AvgIpc) is 2.83. The molecular weight excluding hydrogens is 448 g/mol. The molecule has 0 aromatic heterocycles. The van der Waals surface area contributed by atoms with Gasteiger partial charge in [-0.05, 0) is 35.6 Å². The molecule has 0 saturated heterocycles. The van der Waals surface area contributed by atoms with Gasteiger partial charge >= 0.3 is 0 Å². The lowest BCUT2D eigenvalue weighted by Gasteiger charge is -2.35. The van der Waals surface area contributed by atoms with Gasteiger partial charge in [0, 0.05) is 0 Å². The van der Waals surface area contributed by atoms with E-state index in [1.165, 1.54) is 4.31 Å². The van der Waals surface area contributed by atoms with Crippen molar-refractivity contribution in [3.63, 3.8) is 0 Å². The maximum Gasteiger partial charge on any atom is 0.263 e. The summed E-state index contributed by atoms with van der Waals surface area (Å²) in [7, 11) is -3.74. The van der Waals surface area contributed by atoms with Crippen LogP contribution in [0.25, 0.3) is 0 Å². The van der Waals surface area contributed by atoms with E-state index in [9.17, 15) is 13.2 Å². The summed E-state index contributed by atoms with van der Waals surface area (Å²) in [6, 6.07) is 25.6. The van der Waals surface area contributed by atoms with Crippen molar-refractivity contribution < 1.29 is 17.9 Å². The molecule has 0 bridgehead atoms. The lowest BCUT2D eigenvalue weighted by atomic mass is 9.96. The van der Waals surface area contributed by atoms with Gasteiger partial charge in [0.2, 0.25) is 10.0 Å². The molecule has 6 nitrogen and oxygen atoms in total. The van der Waals surface area contributed by atoms with Crippen molar-refractivity contribution >= 4 is 21.6 Å². The highest BCUT2D eigenvalue weighted by molar-refractivity contribution is 7.92. The summed E-state index contributed by atoms with van der Waals surface area (Å²) >= 11 is 0. The van der Waals surface area contributed by atoms with Gasteiger partial charge in [0.25, 0.3) is 5.91 Å². The van der Waals surface area contributed by atoms with E-state index in [0.717, 1.165) is 12.0 Å². The fraction of sp³-hybridized carbons (Fsp3) is 0.296.